The van der Waals surface area contributed by atoms with Crippen LogP contribution in [0.1, 0.15) is 31.4 Å². The second-order valence-corrected chi connectivity index (χ2v) is 6.11. The maximum atomic E-state index is 12.7. The Morgan fingerprint density at radius 3 is 2.38 bits per heavy atom. The van der Waals surface area contributed by atoms with Gasteiger partial charge in [-0.05, 0) is 48.2 Å². The van der Waals surface area contributed by atoms with Gasteiger partial charge in [0.2, 0.25) is 0 Å². The molecule has 2 aromatic rings. The molecular formula is C19H22F3NO. The van der Waals surface area contributed by atoms with E-state index in [-0.39, 0.29) is 0 Å². The van der Waals surface area contributed by atoms with Crippen molar-refractivity contribution in [3.05, 3.63) is 59.7 Å². The average Bonchev–Trinajstić information content (AvgIpc) is 2.53. The van der Waals surface area contributed by atoms with Gasteiger partial charge in [-0.3, -0.25) is 0 Å². The van der Waals surface area contributed by atoms with Crippen molar-refractivity contribution < 1.29 is 17.9 Å². The van der Waals surface area contributed by atoms with Gasteiger partial charge in [-0.25, -0.2) is 0 Å². The fourth-order valence-corrected chi connectivity index (χ4v) is 2.13. The molecule has 0 atom stereocenters. The summed E-state index contributed by atoms with van der Waals surface area (Å²) in [4.78, 5) is 0. The van der Waals surface area contributed by atoms with Gasteiger partial charge in [0, 0.05) is 12.2 Å². The molecule has 0 aromatic heterocycles. The molecule has 24 heavy (non-hydrogen) atoms. The van der Waals surface area contributed by atoms with Gasteiger partial charge < -0.3 is 10.1 Å². The van der Waals surface area contributed by atoms with Gasteiger partial charge in [-0.1, -0.05) is 32.0 Å². The molecule has 0 amide bonds. The molecule has 0 saturated carbocycles. The number of nitrogens with one attached hydrogen (secondary N) is 1. The smallest absolute Gasteiger partial charge is 0.416 e. The summed E-state index contributed by atoms with van der Waals surface area (Å²) in [6.07, 6.45) is -3.33. The van der Waals surface area contributed by atoms with Crippen LogP contribution in [0.15, 0.2) is 48.5 Å². The molecular weight excluding hydrogens is 315 g/mol. The Morgan fingerprint density at radius 2 is 1.75 bits per heavy atom. The molecule has 130 valence electrons. The minimum atomic E-state index is -4.33. The summed E-state index contributed by atoms with van der Waals surface area (Å²) in [7, 11) is 0. The van der Waals surface area contributed by atoms with Crippen LogP contribution in [-0.2, 0) is 12.7 Å². The molecule has 2 rings (SSSR count). The zero-order valence-electron chi connectivity index (χ0n) is 13.9. The van der Waals surface area contributed by atoms with Gasteiger partial charge in [0.05, 0.1) is 12.2 Å². The highest BCUT2D eigenvalue weighted by atomic mass is 19.4. The number of ether oxygens (including phenoxy) is 1. The predicted octanol–water partition coefficient (Wildman–Crippen LogP) is 5.74. The highest BCUT2D eigenvalue weighted by molar-refractivity contribution is 5.47. The van der Waals surface area contributed by atoms with Crippen LogP contribution in [0, 0.1) is 5.92 Å². The fourth-order valence-electron chi connectivity index (χ4n) is 2.13. The SMILES string of the molecule is CC(C)CCOc1ccc(CNc2cccc(C(F)(F)F)c2)cc1. The van der Waals surface area contributed by atoms with E-state index in [9.17, 15) is 13.2 Å². The van der Waals surface area contributed by atoms with Crippen LogP contribution in [0.25, 0.3) is 0 Å². The van der Waals surface area contributed by atoms with Gasteiger partial charge in [0.25, 0.3) is 0 Å². The molecule has 5 heteroatoms. The van der Waals surface area contributed by atoms with Crippen molar-refractivity contribution in [1.82, 2.24) is 0 Å². The summed E-state index contributed by atoms with van der Waals surface area (Å²) >= 11 is 0. The largest absolute Gasteiger partial charge is 0.494 e. The van der Waals surface area contributed by atoms with Crippen molar-refractivity contribution in [1.29, 1.82) is 0 Å². The van der Waals surface area contributed by atoms with Crippen LogP contribution in [-0.4, -0.2) is 6.61 Å². The van der Waals surface area contributed by atoms with Crippen LogP contribution in [0.3, 0.4) is 0 Å². The molecule has 0 unspecified atom stereocenters. The predicted molar refractivity (Wildman–Crippen MR) is 90.2 cm³/mol. The van der Waals surface area contributed by atoms with Crippen molar-refractivity contribution in [3.63, 3.8) is 0 Å². The molecule has 0 spiro atoms. The van der Waals surface area contributed by atoms with Gasteiger partial charge in [-0.2, -0.15) is 13.2 Å². The van der Waals surface area contributed by atoms with Crippen LogP contribution >= 0.6 is 0 Å². The topological polar surface area (TPSA) is 21.3 Å². The van der Waals surface area contributed by atoms with E-state index in [1.807, 2.05) is 24.3 Å². The van der Waals surface area contributed by atoms with Crippen molar-refractivity contribution in [2.45, 2.75) is 33.0 Å². The fraction of sp³-hybridized carbons (Fsp3) is 0.368. The van der Waals surface area contributed by atoms with E-state index >= 15 is 0 Å². The van der Waals surface area contributed by atoms with E-state index in [1.165, 1.54) is 6.07 Å². The minimum Gasteiger partial charge on any atom is -0.494 e. The lowest BCUT2D eigenvalue weighted by Crippen LogP contribution is -2.06. The summed E-state index contributed by atoms with van der Waals surface area (Å²) in [5, 5.41) is 3.01. The van der Waals surface area contributed by atoms with Crippen LogP contribution in [0.4, 0.5) is 18.9 Å². The van der Waals surface area contributed by atoms with Gasteiger partial charge >= 0.3 is 6.18 Å². The second kappa shape index (κ2) is 8.08. The quantitative estimate of drug-likeness (QED) is 0.695. The molecule has 0 fully saturated rings. The van der Waals surface area contributed by atoms with Gasteiger partial charge in [-0.15, -0.1) is 0 Å². The zero-order valence-corrected chi connectivity index (χ0v) is 13.9. The molecule has 2 nitrogen and oxygen atoms in total. The minimum absolute atomic E-state index is 0.446. The van der Waals surface area contributed by atoms with Gasteiger partial charge in [0.15, 0.2) is 0 Å². The Bertz CT molecular complexity index is 636. The van der Waals surface area contributed by atoms with Crippen molar-refractivity contribution in [2.75, 3.05) is 11.9 Å². The second-order valence-electron chi connectivity index (χ2n) is 6.11. The molecule has 2 aromatic carbocycles. The van der Waals surface area contributed by atoms with Crippen LogP contribution in [0.2, 0.25) is 0 Å². The maximum Gasteiger partial charge on any atom is 0.416 e. The number of halogens is 3. The summed E-state index contributed by atoms with van der Waals surface area (Å²) in [5.41, 5.74) is 0.770. The van der Waals surface area contributed by atoms with E-state index in [1.54, 1.807) is 6.07 Å². The lowest BCUT2D eigenvalue weighted by atomic mass is 10.1. The molecule has 0 radical (unpaired) electrons. The van der Waals surface area contributed by atoms with Crippen molar-refractivity contribution >= 4 is 5.69 Å². The van der Waals surface area contributed by atoms with Gasteiger partial charge in [0.1, 0.15) is 5.75 Å². The highest BCUT2D eigenvalue weighted by Crippen LogP contribution is 2.30. The maximum absolute atomic E-state index is 12.7. The lowest BCUT2D eigenvalue weighted by Gasteiger charge is -2.11. The molecule has 0 heterocycles. The third-order valence-electron chi connectivity index (χ3n) is 3.57. The molecule has 1 N–H and O–H groups in total. The number of hydrogen-bond acceptors (Lipinski definition) is 2. The summed E-state index contributed by atoms with van der Waals surface area (Å²) in [5.74, 6) is 1.40. The van der Waals surface area contributed by atoms with Crippen LogP contribution in [0.5, 0.6) is 5.75 Å². The van der Waals surface area contributed by atoms with E-state index < -0.39 is 11.7 Å². The first-order chi connectivity index (χ1) is 11.3. The van der Waals surface area contributed by atoms with E-state index in [0.29, 0.717) is 24.8 Å². The number of alkyl halides is 3. The first kappa shape index (κ1) is 18.2. The van der Waals surface area contributed by atoms with E-state index in [0.717, 1.165) is 29.9 Å². The molecule has 0 aliphatic heterocycles. The van der Waals surface area contributed by atoms with Crippen molar-refractivity contribution in [2.24, 2.45) is 5.92 Å². The third-order valence-corrected chi connectivity index (χ3v) is 3.57. The summed E-state index contributed by atoms with van der Waals surface area (Å²) < 4.78 is 43.7. The first-order valence-corrected chi connectivity index (χ1v) is 7.97. The number of rotatable bonds is 7. The Balaban J connectivity index is 1.88. The number of anilines is 1. The van der Waals surface area contributed by atoms with E-state index in [2.05, 4.69) is 19.2 Å². The standard InChI is InChI=1S/C19H22F3NO/c1-14(2)10-11-24-18-8-6-15(7-9-18)13-23-17-5-3-4-16(12-17)19(20,21)22/h3-9,12,14,23H,10-11,13H2,1-2H3. The molecule has 0 aliphatic rings. The summed E-state index contributed by atoms with van der Waals surface area (Å²) in [6.45, 7) is 5.42. The normalized spacial score (nSPS) is 11.6. The Hall–Kier alpha value is -2.17. The number of hydrogen-bond donors (Lipinski definition) is 1. The molecule has 0 bridgehead atoms. The molecule has 0 aliphatic carbocycles. The number of benzene rings is 2. The average molecular weight is 337 g/mol. The Morgan fingerprint density at radius 1 is 1.04 bits per heavy atom. The Kier molecular flexibility index (Phi) is 6.12. The first-order valence-electron chi connectivity index (χ1n) is 7.97. The summed E-state index contributed by atoms with van der Waals surface area (Å²) in [6, 6.07) is 12.8. The lowest BCUT2D eigenvalue weighted by molar-refractivity contribution is -0.137. The van der Waals surface area contributed by atoms with Crippen LogP contribution < -0.4 is 10.1 Å². The molecule has 0 saturated heterocycles. The monoisotopic (exact) mass is 337 g/mol. The third kappa shape index (κ3) is 5.80. The van der Waals surface area contributed by atoms with E-state index in [4.69, 9.17) is 4.74 Å². The Labute approximate surface area is 140 Å². The zero-order chi connectivity index (χ0) is 17.6. The highest BCUT2D eigenvalue weighted by Gasteiger charge is 2.30. The van der Waals surface area contributed by atoms with Crippen molar-refractivity contribution in [3.8, 4) is 5.75 Å².